The number of benzene rings is 1. The lowest BCUT2D eigenvalue weighted by atomic mass is 10.3. The molecule has 4 nitrogen and oxygen atoms in total. The molecular weight excluding hydrogens is 294 g/mol. The van der Waals surface area contributed by atoms with Gasteiger partial charge in [0.15, 0.2) is 0 Å². The van der Waals surface area contributed by atoms with Crippen molar-refractivity contribution in [3.05, 3.63) is 41.1 Å². The predicted molar refractivity (Wildman–Crippen MR) is 76.2 cm³/mol. The second-order valence-electron chi connectivity index (χ2n) is 3.85. The highest BCUT2D eigenvalue weighted by molar-refractivity contribution is 9.10. The summed E-state index contributed by atoms with van der Waals surface area (Å²) >= 11 is 3.55. The Morgan fingerprint density at radius 1 is 1.39 bits per heavy atom. The summed E-state index contributed by atoms with van der Waals surface area (Å²) in [5, 5.41) is 3.30. The third kappa shape index (κ3) is 3.11. The first-order valence-corrected chi connectivity index (χ1v) is 6.63. The van der Waals surface area contributed by atoms with E-state index in [0.717, 1.165) is 35.7 Å². The van der Waals surface area contributed by atoms with Crippen LogP contribution in [0.5, 0.6) is 0 Å². The maximum absolute atomic E-state index is 5.02. The summed E-state index contributed by atoms with van der Waals surface area (Å²) in [6.45, 7) is 1.60. The lowest BCUT2D eigenvalue weighted by Crippen LogP contribution is -2.09. The average molecular weight is 310 g/mol. The van der Waals surface area contributed by atoms with Gasteiger partial charge in [-0.15, -0.1) is 0 Å². The van der Waals surface area contributed by atoms with Crippen LogP contribution in [0.1, 0.15) is 6.42 Å². The van der Waals surface area contributed by atoms with Gasteiger partial charge in [0.1, 0.15) is 0 Å². The number of nitrogens with zero attached hydrogens (tertiary/aromatic N) is 2. The third-order valence-electron chi connectivity index (χ3n) is 2.56. The van der Waals surface area contributed by atoms with Gasteiger partial charge in [-0.25, -0.2) is 4.98 Å². The van der Waals surface area contributed by atoms with E-state index in [1.165, 1.54) is 0 Å². The Kier molecular flexibility index (Phi) is 4.78. The van der Waals surface area contributed by atoms with Crippen molar-refractivity contribution in [2.24, 2.45) is 0 Å². The molecule has 0 aliphatic rings. The third-order valence-corrected chi connectivity index (χ3v) is 3.23. The fraction of sp³-hybridized carbons (Fsp3) is 0.308. The summed E-state index contributed by atoms with van der Waals surface area (Å²) in [6, 6.07) is 8.07. The zero-order chi connectivity index (χ0) is 12.8. The molecule has 2 aromatic rings. The highest BCUT2D eigenvalue weighted by Gasteiger charge is 2.06. The molecule has 0 amide bonds. The molecule has 0 bridgehead atoms. The van der Waals surface area contributed by atoms with Crippen molar-refractivity contribution in [1.82, 2.24) is 9.55 Å². The van der Waals surface area contributed by atoms with Crippen molar-refractivity contribution < 1.29 is 4.74 Å². The molecule has 96 valence electrons. The fourth-order valence-electron chi connectivity index (χ4n) is 1.69. The Labute approximate surface area is 115 Å². The normalized spacial score (nSPS) is 10.6. The minimum atomic E-state index is 0.753. The van der Waals surface area contributed by atoms with Gasteiger partial charge in [-0.05, 0) is 34.5 Å². The van der Waals surface area contributed by atoms with E-state index in [1.807, 2.05) is 35.0 Å². The number of rotatable bonds is 6. The van der Waals surface area contributed by atoms with Crippen molar-refractivity contribution in [2.75, 3.05) is 25.6 Å². The minimum Gasteiger partial charge on any atom is -0.385 e. The van der Waals surface area contributed by atoms with E-state index in [4.69, 9.17) is 4.74 Å². The number of imidazole rings is 1. The molecule has 2 rings (SSSR count). The van der Waals surface area contributed by atoms with Gasteiger partial charge >= 0.3 is 0 Å². The number of hydrogen-bond donors (Lipinski definition) is 1. The lowest BCUT2D eigenvalue weighted by molar-refractivity contribution is 0.197. The van der Waals surface area contributed by atoms with Gasteiger partial charge in [0.05, 0.1) is 5.69 Å². The second kappa shape index (κ2) is 6.56. The SMILES string of the molecule is COCCCNc1nccn1-c1ccccc1Br. The molecule has 0 unspecified atom stereocenters. The lowest BCUT2D eigenvalue weighted by Gasteiger charge is -2.11. The van der Waals surface area contributed by atoms with Crippen LogP contribution < -0.4 is 5.32 Å². The molecule has 0 atom stereocenters. The minimum absolute atomic E-state index is 0.753. The van der Waals surface area contributed by atoms with Crippen molar-refractivity contribution in [3.8, 4) is 5.69 Å². The van der Waals surface area contributed by atoms with Crippen molar-refractivity contribution in [3.63, 3.8) is 0 Å². The molecule has 5 heteroatoms. The molecule has 1 heterocycles. The van der Waals surface area contributed by atoms with E-state index in [9.17, 15) is 0 Å². The Morgan fingerprint density at radius 2 is 2.22 bits per heavy atom. The number of ether oxygens (including phenoxy) is 1. The predicted octanol–water partition coefficient (Wildman–Crippen LogP) is 3.08. The molecule has 0 fully saturated rings. The smallest absolute Gasteiger partial charge is 0.207 e. The van der Waals surface area contributed by atoms with Gasteiger partial charge < -0.3 is 10.1 Å². The highest BCUT2D eigenvalue weighted by Crippen LogP contribution is 2.23. The summed E-state index contributed by atoms with van der Waals surface area (Å²) in [6.07, 6.45) is 4.69. The van der Waals surface area contributed by atoms with Crippen LogP contribution in [-0.4, -0.2) is 29.8 Å². The molecule has 0 aliphatic carbocycles. The first-order chi connectivity index (χ1) is 8.83. The molecule has 0 saturated heterocycles. The van der Waals surface area contributed by atoms with Crippen LogP contribution in [0.4, 0.5) is 5.95 Å². The number of methoxy groups -OCH3 is 1. The van der Waals surface area contributed by atoms with Crippen LogP contribution in [0.2, 0.25) is 0 Å². The molecule has 0 aliphatic heterocycles. The largest absolute Gasteiger partial charge is 0.385 e. The van der Waals surface area contributed by atoms with Gasteiger partial charge in [-0.2, -0.15) is 0 Å². The monoisotopic (exact) mass is 309 g/mol. The van der Waals surface area contributed by atoms with Gasteiger partial charge in [0.2, 0.25) is 5.95 Å². The van der Waals surface area contributed by atoms with E-state index in [1.54, 1.807) is 13.3 Å². The van der Waals surface area contributed by atoms with Crippen molar-refractivity contribution >= 4 is 21.9 Å². The van der Waals surface area contributed by atoms with Gasteiger partial charge in [0.25, 0.3) is 0 Å². The van der Waals surface area contributed by atoms with E-state index in [0.29, 0.717) is 0 Å². The van der Waals surface area contributed by atoms with Crippen LogP contribution in [0, 0.1) is 0 Å². The maximum atomic E-state index is 5.02. The quantitative estimate of drug-likeness (QED) is 0.833. The number of anilines is 1. The van der Waals surface area contributed by atoms with Gasteiger partial charge in [0, 0.05) is 37.1 Å². The molecule has 18 heavy (non-hydrogen) atoms. The van der Waals surface area contributed by atoms with E-state index in [2.05, 4.69) is 26.2 Å². The Morgan fingerprint density at radius 3 is 3.00 bits per heavy atom. The standard InChI is InChI=1S/C13H16BrN3O/c1-18-10-4-7-15-13-16-8-9-17(13)12-6-3-2-5-11(12)14/h2-3,5-6,8-9H,4,7,10H2,1H3,(H,15,16). The molecule has 0 radical (unpaired) electrons. The van der Waals surface area contributed by atoms with Crippen LogP contribution in [0.15, 0.2) is 41.1 Å². The highest BCUT2D eigenvalue weighted by atomic mass is 79.9. The Balaban J connectivity index is 2.10. The van der Waals surface area contributed by atoms with Crippen molar-refractivity contribution in [1.29, 1.82) is 0 Å². The number of aromatic nitrogens is 2. The number of nitrogens with one attached hydrogen (secondary N) is 1. The fourth-order valence-corrected chi connectivity index (χ4v) is 2.17. The number of halogens is 1. The van der Waals surface area contributed by atoms with Crippen LogP contribution in [0.3, 0.4) is 0 Å². The van der Waals surface area contributed by atoms with E-state index >= 15 is 0 Å². The average Bonchev–Trinajstić information content (AvgIpc) is 2.83. The van der Waals surface area contributed by atoms with Crippen LogP contribution in [-0.2, 0) is 4.74 Å². The zero-order valence-electron chi connectivity index (χ0n) is 10.3. The first kappa shape index (κ1) is 13.1. The zero-order valence-corrected chi connectivity index (χ0v) is 11.9. The van der Waals surface area contributed by atoms with Gasteiger partial charge in [-0.3, -0.25) is 4.57 Å². The molecule has 0 saturated carbocycles. The van der Waals surface area contributed by atoms with E-state index in [-0.39, 0.29) is 0 Å². The van der Waals surface area contributed by atoms with Crippen LogP contribution >= 0.6 is 15.9 Å². The molecule has 1 aromatic heterocycles. The van der Waals surface area contributed by atoms with Crippen molar-refractivity contribution in [2.45, 2.75) is 6.42 Å². The summed E-state index contributed by atoms with van der Waals surface area (Å²) < 4.78 is 8.09. The van der Waals surface area contributed by atoms with Crippen LogP contribution in [0.25, 0.3) is 5.69 Å². The number of para-hydroxylation sites is 1. The number of hydrogen-bond acceptors (Lipinski definition) is 3. The molecule has 0 spiro atoms. The first-order valence-electron chi connectivity index (χ1n) is 5.84. The Hall–Kier alpha value is -1.33. The summed E-state index contributed by atoms with van der Waals surface area (Å²) in [4.78, 5) is 4.32. The second-order valence-corrected chi connectivity index (χ2v) is 4.70. The van der Waals surface area contributed by atoms with E-state index < -0.39 is 0 Å². The maximum Gasteiger partial charge on any atom is 0.207 e. The topological polar surface area (TPSA) is 39.1 Å². The summed E-state index contributed by atoms with van der Waals surface area (Å²) in [5.41, 5.74) is 1.07. The Bertz CT molecular complexity index is 498. The van der Waals surface area contributed by atoms with Gasteiger partial charge in [-0.1, -0.05) is 12.1 Å². The molecule has 1 aromatic carbocycles. The summed E-state index contributed by atoms with van der Waals surface area (Å²) in [7, 11) is 1.71. The molecule has 1 N–H and O–H groups in total. The summed E-state index contributed by atoms with van der Waals surface area (Å²) in [5.74, 6) is 0.845. The molecular formula is C13H16BrN3O.